The first-order valence-corrected chi connectivity index (χ1v) is 3.48. The number of hydrogen-bond donors (Lipinski definition) is 1. The normalized spacial score (nSPS) is 15.9. The Morgan fingerprint density at radius 1 is 1.40 bits per heavy atom. The Kier molecular flexibility index (Phi) is 3.22. The molecule has 0 aromatic heterocycles. The van der Waals surface area contributed by atoms with Gasteiger partial charge in [-0.25, -0.2) is 8.78 Å². The molecule has 0 spiro atoms. The van der Waals surface area contributed by atoms with Crippen LogP contribution in [0.15, 0.2) is 0 Å². The fraction of sp³-hybridized carbons (Fsp3) is 1.00. The fourth-order valence-electron chi connectivity index (χ4n) is 0.657. The summed E-state index contributed by atoms with van der Waals surface area (Å²) in [6, 6.07) is 0. The van der Waals surface area contributed by atoms with Crippen molar-refractivity contribution in [2.24, 2.45) is 5.92 Å². The van der Waals surface area contributed by atoms with Gasteiger partial charge in [-0.3, -0.25) is 0 Å². The van der Waals surface area contributed by atoms with Crippen LogP contribution in [0.25, 0.3) is 0 Å². The summed E-state index contributed by atoms with van der Waals surface area (Å²) < 4.78 is 25.4. The Labute approximate surface area is 60.1 Å². The Bertz CT molecular complexity index is 102. The summed E-state index contributed by atoms with van der Waals surface area (Å²) in [5.74, 6) is -3.73. The van der Waals surface area contributed by atoms with Crippen molar-refractivity contribution in [1.82, 2.24) is 0 Å². The van der Waals surface area contributed by atoms with E-state index in [-0.39, 0.29) is 6.42 Å². The van der Waals surface area contributed by atoms with E-state index < -0.39 is 17.9 Å². The van der Waals surface area contributed by atoms with Gasteiger partial charge in [-0.1, -0.05) is 20.8 Å². The van der Waals surface area contributed by atoms with E-state index in [4.69, 9.17) is 5.11 Å². The van der Waals surface area contributed by atoms with Crippen LogP contribution in [0, 0.1) is 5.92 Å². The molecule has 10 heavy (non-hydrogen) atoms. The summed E-state index contributed by atoms with van der Waals surface area (Å²) in [4.78, 5) is 0. The summed E-state index contributed by atoms with van der Waals surface area (Å²) in [7, 11) is 0. The molecule has 1 atom stereocenters. The first-order valence-electron chi connectivity index (χ1n) is 3.48. The minimum absolute atomic E-state index is 0.102. The average molecular weight is 152 g/mol. The van der Waals surface area contributed by atoms with Crippen LogP contribution in [-0.4, -0.2) is 17.1 Å². The lowest BCUT2D eigenvalue weighted by Crippen LogP contribution is -2.37. The maximum absolute atomic E-state index is 12.7. The maximum Gasteiger partial charge on any atom is 0.275 e. The van der Waals surface area contributed by atoms with E-state index in [2.05, 4.69) is 0 Å². The van der Waals surface area contributed by atoms with Gasteiger partial charge < -0.3 is 5.11 Å². The molecule has 1 nitrogen and oxygen atoms in total. The third-order valence-electron chi connectivity index (χ3n) is 1.60. The van der Waals surface area contributed by atoms with Gasteiger partial charge in [-0.15, -0.1) is 0 Å². The molecule has 0 aliphatic carbocycles. The predicted octanol–water partition coefficient (Wildman–Crippen LogP) is 2.05. The van der Waals surface area contributed by atoms with E-state index in [1.54, 1.807) is 6.92 Å². The summed E-state index contributed by atoms with van der Waals surface area (Å²) >= 11 is 0. The second kappa shape index (κ2) is 3.28. The fourth-order valence-corrected chi connectivity index (χ4v) is 0.657. The maximum atomic E-state index is 12.7. The van der Waals surface area contributed by atoms with Crippen LogP contribution in [0.2, 0.25) is 0 Å². The molecule has 1 N–H and O–H groups in total. The van der Waals surface area contributed by atoms with E-state index in [9.17, 15) is 8.78 Å². The van der Waals surface area contributed by atoms with Gasteiger partial charge >= 0.3 is 0 Å². The highest BCUT2D eigenvalue weighted by Crippen LogP contribution is 2.29. The van der Waals surface area contributed by atoms with Crippen molar-refractivity contribution in [1.29, 1.82) is 0 Å². The molecular weight excluding hydrogens is 138 g/mol. The molecule has 0 saturated heterocycles. The van der Waals surface area contributed by atoms with Crippen LogP contribution in [0.3, 0.4) is 0 Å². The molecule has 0 aromatic carbocycles. The van der Waals surface area contributed by atoms with Crippen molar-refractivity contribution in [3.63, 3.8) is 0 Å². The van der Waals surface area contributed by atoms with Gasteiger partial charge in [-0.05, 0) is 6.42 Å². The zero-order valence-corrected chi connectivity index (χ0v) is 6.56. The lowest BCUT2D eigenvalue weighted by molar-refractivity contribution is -0.139. The molecule has 0 aliphatic heterocycles. The minimum Gasteiger partial charge on any atom is -0.387 e. The third-order valence-corrected chi connectivity index (χ3v) is 1.60. The number of rotatable bonds is 3. The Balaban J connectivity index is 4.09. The van der Waals surface area contributed by atoms with Crippen LogP contribution in [-0.2, 0) is 0 Å². The molecule has 0 radical (unpaired) electrons. The predicted molar refractivity (Wildman–Crippen MR) is 36.1 cm³/mol. The van der Waals surface area contributed by atoms with Crippen molar-refractivity contribution in [3.05, 3.63) is 0 Å². The topological polar surface area (TPSA) is 20.2 Å². The average Bonchev–Trinajstić information content (AvgIpc) is 1.86. The van der Waals surface area contributed by atoms with E-state index in [1.807, 2.05) is 0 Å². The SMILES string of the molecule is CC[C@H](O)C(F)(F)C(C)C. The number of aliphatic hydroxyl groups excluding tert-OH is 1. The molecule has 0 rings (SSSR count). The number of aliphatic hydroxyl groups is 1. The van der Waals surface area contributed by atoms with E-state index in [1.165, 1.54) is 13.8 Å². The third kappa shape index (κ3) is 1.90. The number of hydrogen-bond acceptors (Lipinski definition) is 1. The highest BCUT2D eigenvalue weighted by atomic mass is 19.3. The molecule has 0 saturated carbocycles. The number of halogens is 2. The molecule has 62 valence electrons. The van der Waals surface area contributed by atoms with Crippen molar-refractivity contribution in [2.45, 2.75) is 39.2 Å². The molecule has 0 heterocycles. The largest absolute Gasteiger partial charge is 0.387 e. The van der Waals surface area contributed by atoms with E-state index >= 15 is 0 Å². The van der Waals surface area contributed by atoms with Gasteiger partial charge in [0.15, 0.2) is 0 Å². The summed E-state index contributed by atoms with van der Waals surface area (Å²) in [6.07, 6.45) is -1.39. The monoisotopic (exact) mass is 152 g/mol. The van der Waals surface area contributed by atoms with E-state index in [0.717, 1.165) is 0 Å². The first kappa shape index (κ1) is 9.82. The second-order valence-corrected chi connectivity index (χ2v) is 2.75. The van der Waals surface area contributed by atoms with Gasteiger partial charge in [0.1, 0.15) is 6.10 Å². The van der Waals surface area contributed by atoms with E-state index in [0.29, 0.717) is 0 Å². The number of alkyl halides is 2. The minimum atomic E-state index is -2.94. The molecule has 0 fully saturated rings. The van der Waals surface area contributed by atoms with Crippen molar-refractivity contribution >= 4 is 0 Å². The Morgan fingerprint density at radius 2 is 1.80 bits per heavy atom. The van der Waals surface area contributed by atoms with Gasteiger partial charge in [0.05, 0.1) is 0 Å². The summed E-state index contributed by atoms with van der Waals surface area (Å²) in [5, 5.41) is 8.81. The zero-order chi connectivity index (χ0) is 8.36. The Hall–Kier alpha value is -0.180. The quantitative estimate of drug-likeness (QED) is 0.656. The highest BCUT2D eigenvalue weighted by molar-refractivity contribution is 4.77. The zero-order valence-electron chi connectivity index (χ0n) is 6.56. The smallest absolute Gasteiger partial charge is 0.275 e. The molecule has 0 unspecified atom stereocenters. The van der Waals surface area contributed by atoms with Gasteiger partial charge in [0, 0.05) is 5.92 Å². The van der Waals surface area contributed by atoms with Crippen LogP contribution >= 0.6 is 0 Å². The van der Waals surface area contributed by atoms with Crippen LogP contribution in [0.1, 0.15) is 27.2 Å². The van der Waals surface area contributed by atoms with Gasteiger partial charge in [-0.2, -0.15) is 0 Å². The van der Waals surface area contributed by atoms with Gasteiger partial charge in [0.2, 0.25) is 0 Å². The molecule has 0 aromatic rings. The first-order chi connectivity index (χ1) is 4.42. The Morgan fingerprint density at radius 3 is 1.90 bits per heavy atom. The molecule has 0 aliphatic rings. The summed E-state index contributed by atoms with van der Waals surface area (Å²) in [6.45, 7) is 4.35. The van der Waals surface area contributed by atoms with Crippen LogP contribution in [0.4, 0.5) is 8.78 Å². The van der Waals surface area contributed by atoms with Crippen molar-refractivity contribution in [2.75, 3.05) is 0 Å². The lowest BCUT2D eigenvalue weighted by Gasteiger charge is -2.24. The van der Waals surface area contributed by atoms with Crippen molar-refractivity contribution < 1.29 is 13.9 Å². The van der Waals surface area contributed by atoms with Crippen LogP contribution in [0.5, 0.6) is 0 Å². The lowest BCUT2D eigenvalue weighted by atomic mass is 9.99. The second-order valence-electron chi connectivity index (χ2n) is 2.75. The molecular formula is C7H14F2O. The molecule has 0 bridgehead atoms. The highest BCUT2D eigenvalue weighted by Gasteiger charge is 2.40. The van der Waals surface area contributed by atoms with Crippen molar-refractivity contribution in [3.8, 4) is 0 Å². The van der Waals surface area contributed by atoms with Crippen LogP contribution < -0.4 is 0 Å². The standard InChI is InChI=1S/C7H14F2O/c1-4-6(10)7(8,9)5(2)3/h5-6,10H,4H2,1-3H3/t6-/m0/s1. The molecule has 3 heteroatoms. The molecule has 0 amide bonds. The summed E-state index contributed by atoms with van der Waals surface area (Å²) in [5.41, 5.74) is 0. The van der Waals surface area contributed by atoms with Gasteiger partial charge in [0.25, 0.3) is 5.92 Å².